The van der Waals surface area contributed by atoms with Crippen LogP contribution in [0.15, 0.2) is 12.3 Å². The van der Waals surface area contributed by atoms with Gasteiger partial charge >= 0.3 is 0 Å². The molecule has 1 aromatic rings. The summed E-state index contributed by atoms with van der Waals surface area (Å²) in [6.07, 6.45) is 1.84. The van der Waals surface area contributed by atoms with E-state index < -0.39 is 0 Å². The van der Waals surface area contributed by atoms with Gasteiger partial charge in [0.15, 0.2) is 0 Å². The smallest absolute Gasteiger partial charge is 0.147 e. The molecule has 2 heterocycles. The summed E-state index contributed by atoms with van der Waals surface area (Å²) in [5, 5.41) is 0.615. The molecule has 1 aliphatic heterocycles. The van der Waals surface area contributed by atoms with Gasteiger partial charge in [-0.15, -0.1) is 0 Å². The van der Waals surface area contributed by atoms with Crippen molar-refractivity contribution in [3.05, 3.63) is 22.8 Å². The zero-order valence-electron chi connectivity index (χ0n) is 10.6. The van der Waals surface area contributed by atoms with Crippen molar-refractivity contribution in [3.63, 3.8) is 0 Å². The fraction of sp³-hybridized carbons (Fsp3) is 0.583. The number of aromatic nitrogens is 1. The highest BCUT2D eigenvalue weighted by molar-refractivity contribution is 6.33. The summed E-state index contributed by atoms with van der Waals surface area (Å²) in [6.45, 7) is 1.89. The van der Waals surface area contributed by atoms with E-state index in [1.54, 1.807) is 20.4 Å². The number of nitrogens with zero attached hydrogens (tertiary/aromatic N) is 2. The highest BCUT2D eigenvalue weighted by Crippen LogP contribution is 2.28. The maximum absolute atomic E-state index is 6.23. The summed E-state index contributed by atoms with van der Waals surface area (Å²) in [5.74, 6) is 0.760. The molecule has 0 aliphatic carbocycles. The lowest BCUT2D eigenvalue weighted by Crippen LogP contribution is -2.27. The number of hydrogen-bond donors (Lipinski definition) is 1. The molecule has 1 fully saturated rings. The Balaban J connectivity index is 2.18. The Morgan fingerprint density at radius 1 is 1.39 bits per heavy atom. The minimum atomic E-state index is 0.0436. The maximum atomic E-state index is 6.23. The molecule has 0 radical (unpaired) electrons. The fourth-order valence-electron chi connectivity index (χ4n) is 2.18. The topological polar surface area (TPSA) is 60.6 Å². The zero-order valence-corrected chi connectivity index (χ0v) is 11.4. The Morgan fingerprint density at radius 3 is 2.44 bits per heavy atom. The molecule has 0 bridgehead atoms. The van der Waals surface area contributed by atoms with Crippen LogP contribution in [0.2, 0.25) is 5.02 Å². The number of nitrogens with two attached hydrogens (primary N) is 1. The summed E-state index contributed by atoms with van der Waals surface area (Å²) in [4.78, 5) is 6.45. The van der Waals surface area contributed by atoms with E-state index in [1.165, 1.54) is 0 Å². The van der Waals surface area contributed by atoms with Gasteiger partial charge < -0.3 is 20.1 Å². The molecule has 100 valence electrons. The monoisotopic (exact) mass is 271 g/mol. The number of hydrogen-bond acceptors (Lipinski definition) is 5. The second-order valence-electron chi connectivity index (χ2n) is 4.31. The van der Waals surface area contributed by atoms with E-state index in [4.69, 9.17) is 26.8 Å². The highest BCUT2D eigenvalue weighted by atomic mass is 35.5. The van der Waals surface area contributed by atoms with E-state index in [1.807, 2.05) is 6.07 Å². The molecule has 1 saturated heterocycles. The first-order chi connectivity index (χ1) is 8.69. The minimum Gasteiger partial charge on any atom is -0.377 e. The molecule has 6 heteroatoms. The van der Waals surface area contributed by atoms with Gasteiger partial charge in [0.1, 0.15) is 18.0 Å². The molecule has 1 aliphatic rings. The van der Waals surface area contributed by atoms with Crippen molar-refractivity contribution >= 4 is 17.4 Å². The van der Waals surface area contributed by atoms with Gasteiger partial charge in [0, 0.05) is 40.1 Å². The fourth-order valence-corrected chi connectivity index (χ4v) is 2.49. The van der Waals surface area contributed by atoms with Crippen LogP contribution in [0.3, 0.4) is 0 Å². The molecule has 2 unspecified atom stereocenters. The molecule has 5 nitrogen and oxygen atoms in total. The first kappa shape index (κ1) is 13.5. The molecule has 0 spiro atoms. The highest BCUT2D eigenvalue weighted by Gasteiger charge is 2.34. The molecule has 2 atom stereocenters. The van der Waals surface area contributed by atoms with Crippen LogP contribution in [-0.2, 0) is 16.0 Å². The predicted octanol–water partition coefficient (Wildman–Crippen LogP) is 1.04. The molecule has 0 amide bonds. The molecular weight excluding hydrogens is 254 g/mol. The van der Waals surface area contributed by atoms with Crippen LogP contribution < -0.4 is 10.6 Å². The number of anilines is 1. The Hall–Kier alpha value is -0.880. The normalized spacial score (nSPS) is 23.7. The molecule has 0 saturated carbocycles. The van der Waals surface area contributed by atoms with Crippen molar-refractivity contribution in [3.8, 4) is 0 Å². The van der Waals surface area contributed by atoms with Crippen LogP contribution in [0.25, 0.3) is 0 Å². The predicted molar refractivity (Wildman–Crippen MR) is 70.9 cm³/mol. The van der Waals surface area contributed by atoms with Crippen LogP contribution >= 0.6 is 11.6 Å². The Bertz CT molecular complexity index is 404. The average Bonchev–Trinajstić information content (AvgIpc) is 2.81. The van der Waals surface area contributed by atoms with Crippen molar-refractivity contribution in [1.29, 1.82) is 0 Å². The number of halogens is 1. The van der Waals surface area contributed by atoms with Crippen molar-refractivity contribution in [2.45, 2.75) is 18.8 Å². The Morgan fingerprint density at radius 2 is 2.00 bits per heavy atom. The molecule has 1 aromatic heterocycles. The van der Waals surface area contributed by atoms with E-state index in [0.717, 1.165) is 24.5 Å². The van der Waals surface area contributed by atoms with Gasteiger partial charge in [0.2, 0.25) is 0 Å². The van der Waals surface area contributed by atoms with E-state index in [0.29, 0.717) is 11.6 Å². The zero-order chi connectivity index (χ0) is 13.1. The van der Waals surface area contributed by atoms with Crippen LogP contribution in [0.1, 0.15) is 5.56 Å². The Kier molecular flexibility index (Phi) is 4.40. The second-order valence-corrected chi connectivity index (χ2v) is 4.71. The lowest BCUT2D eigenvalue weighted by atomic mass is 10.3. The van der Waals surface area contributed by atoms with Crippen LogP contribution in [-0.4, -0.2) is 44.5 Å². The van der Waals surface area contributed by atoms with Crippen LogP contribution in [0, 0.1) is 0 Å². The van der Waals surface area contributed by atoms with Gasteiger partial charge in [-0.2, -0.15) is 0 Å². The molecule has 2 N–H and O–H groups in total. The van der Waals surface area contributed by atoms with Gasteiger partial charge in [-0.05, 0) is 11.6 Å². The van der Waals surface area contributed by atoms with E-state index in [-0.39, 0.29) is 12.2 Å². The first-order valence-electron chi connectivity index (χ1n) is 5.84. The van der Waals surface area contributed by atoms with E-state index >= 15 is 0 Å². The third kappa shape index (κ3) is 2.59. The van der Waals surface area contributed by atoms with Crippen molar-refractivity contribution in [2.24, 2.45) is 5.73 Å². The molecule has 18 heavy (non-hydrogen) atoms. The van der Waals surface area contributed by atoms with Crippen LogP contribution in [0.5, 0.6) is 0 Å². The number of methoxy groups -OCH3 is 2. The molecule has 2 rings (SSSR count). The van der Waals surface area contributed by atoms with E-state index in [9.17, 15) is 0 Å². The van der Waals surface area contributed by atoms with Gasteiger partial charge in [-0.1, -0.05) is 11.6 Å². The van der Waals surface area contributed by atoms with E-state index in [2.05, 4.69) is 9.88 Å². The largest absolute Gasteiger partial charge is 0.377 e. The number of ether oxygens (including phenoxy) is 2. The minimum absolute atomic E-state index is 0.0436. The maximum Gasteiger partial charge on any atom is 0.147 e. The summed E-state index contributed by atoms with van der Waals surface area (Å²) in [7, 11) is 3.37. The van der Waals surface area contributed by atoms with Crippen molar-refractivity contribution in [2.75, 3.05) is 32.2 Å². The first-order valence-corrected chi connectivity index (χ1v) is 6.22. The van der Waals surface area contributed by atoms with Crippen molar-refractivity contribution < 1.29 is 9.47 Å². The summed E-state index contributed by atoms with van der Waals surface area (Å²) in [6, 6.07) is 1.85. The van der Waals surface area contributed by atoms with Gasteiger partial charge in [-0.25, -0.2) is 4.98 Å². The van der Waals surface area contributed by atoms with Crippen LogP contribution in [0.4, 0.5) is 5.82 Å². The van der Waals surface area contributed by atoms with Crippen molar-refractivity contribution in [1.82, 2.24) is 4.98 Å². The van der Waals surface area contributed by atoms with Gasteiger partial charge in [-0.3, -0.25) is 0 Å². The third-order valence-corrected chi connectivity index (χ3v) is 3.51. The summed E-state index contributed by atoms with van der Waals surface area (Å²) < 4.78 is 10.8. The lowest BCUT2D eigenvalue weighted by molar-refractivity contribution is -0.00461. The standard InChI is InChI=1S/C12H18ClN3O2/c1-17-10-6-16(7-11(10)18-2)12-9(13)3-8(4-14)5-15-12/h3,5,10-11H,4,6-7,14H2,1-2H3. The third-order valence-electron chi connectivity index (χ3n) is 3.23. The summed E-state index contributed by atoms with van der Waals surface area (Å²) >= 11 is 6.23. The molecule has 0 aromatic carbocycles. The Labute approximate surface area is 112 Å². The second kappa shape index (κ2) is 5.84. The quantitative estimate of drug-likeness (QED) is 0.887. The summed E-state index contributed by atoms with van der Waals surface area (Å²) in [5.41, 5.74) is 6.48. The molecular formula is C12H18ClN3O2. The SMILES string of the molecule is COC1CN(c2ncc(CN)cc2Cl)CC1OC. The lowest BCUT2D eigenvalue weighted by Gasteiger charge is -2.18. The van der Waals surface area contributed by atoms with Gasteiger partial charge in [0.25, 0.3) is 0 Å². The number of rotatable bonds is 4. The number of pyridine rings is 1. The average molecular weight is 272 g/mol. The van der Waals surface area contributed by atoms with Gasteiger partial charge in [0.05, 0.1) is 5.02 Å².